The zero-order valence-electron chi connectivity index (χ0n) is 21.5. The predicted molar refractivity (Wildman–Crippen MR) is 131 cm³/mol. The molecule has 0 radical (unpaired) electrons. The molecule has 0 spiro atoms. The number of carbonyl (C=O) groups is 2. The number of nitrogens with zero attached hydrogens (tertiary/aromatic N) is 2. The second-order valence-corrected chi connectivity index (χ2v) is 11.5. The third-order valence-corrected chi connectivity index (χ3v) is 8.51. The van der Waals surface area contributed by atoms with Crippen LogP contribution in [0.2, 0.25) is 0 Å². The van der Waals surface area contributed by atoms with Gasteiger partial charge in [0.2, 0.25) is 5.91 Å². The fourth-order valence-corrected chi connectivity index (χ4v) is 5.76. The highest BCUT2D eigenvalue weighted by molar-refractivity contribution is 5.81. The number of hydrogen-bond donors (Lipinski definition) is 1. The van der Waals surface area contributed by atoms with Crippen LogP contribution in [0.25, 0.3) is 0 Å². The van der Waals surface area contributed by atoms with Crippen LogP contribution in [0.3, 0.4) is 0 Å². The Balaban J connectivity index is 0.000000186. The highest BCUT2D eigenvalue weighted by atomic mass is 16.5. The van der Waals surface area contributed by atoms with Crippen molar-refractivity contribution in [2.45, 2.75) is 97.7 Å². The van der Waals surface area contributed by atoms with Crippen molar-refractivity contribution in [1.82, 2.24) is 9.80 Å². The summed E-state index contributed by atoms with van der Waals surface area (Å²) in [6, 6.07) is 0. The van der Waals surface area contributed by atoms with Crippen molar-refractivity contribution < 1.29 is 19.4 Å². The van der Waals surface area contributed by atoms with E-state index in [0.717, 1.165) is 101 Å². The molecule has 1 unspecified atom stereocenters. The molecule has 4 aliphatic rings. The van der Waals surface area contributed by atoms with Gasteiger partial charge in [-0.1, -0.05) is 27.7 Å². The van der Waals surface area contributed by atoms with Crippen molar-refractivity contribution in [3.8, 4) is 0 Å². The zero-order chi connectivity index (χ0) is 24.0. The van der Waals surface area contributed by atoms with Gasteiger partial charge in [-0.3, -0.25) is 9.59 Å². The third-order valence-electron chi connectivity index (χ3n) is 8.51. The van der Waals surface area contributed by atoms with Crippen LogP contribution in [0.1, 0.15) is 85.5 Å². The van der Waals surface area contributed by atoms with Crippen LogP contribution < -0.4 is 0 Å². The van der Waals surface area contributed by atoms with Gasteiger partial charge >= 0.3 is 0 Å². The monoisotopic (exact) mass is 464 g/mol. The molecule has 2 amide bonds. The van der Waals surface area contributed by atoms with Crippen LogP contribution in [0, 0.1) is 29.6 Å². The van der Waals surface area contributed by atoms with Crippen LogP contribution in [-0.2, 0) is 14.3 Å². The molecule has 6 heteroatoms. The first kappa shape index (κ1) is 26.5. The highest BCUT2D eigenvalue weighted by Crippen LogP contribution is 2.32. The van der Waals surface area contributed by atoms with Gasteiger partial charge in [0.15, 0.2) is 0 Å². The van der Waals surface area contributed by atoms with Gasteiger partial charge in [-0.2, -0.15) is 0 Å². The van der Waals surface area contributed by atoms with E-state index in [9.17, 15) is 14.7 Å². The fraction of sp³-hybridized carbons (Fsp3) is 0.926. The Morgan fingerprint density at radius 3 is 1.64 bits per heavy atom. The summed E-state index contributed by atoms with van der Waals surface area (Å²) in [6.45, 7) is 13.6. The summed E-state index contributed by atoms with van der Waals surface area (Å²) in [5.41, 5.74) is 0. The van der Waals surface area contributed by atoms with Crippen LogP contribution in [0.15, 0.2) is 0 Å². The molecule has 3 saturated heterocycles. The van der Waals surface area contributed by atoms with Gasteiger partial charge in [-0.15, -0.1) is 0 Å². The third kappa shape index (κ3) is 7.42. The van der Waals surface area contributed by atoms with Crippen LogP contribution in [0.4, 0.5) is 0 Å². The maximum absolute atomic E-state index is 12.2. The minimum atomic E-state index is -0.220. The summed E-state index contributed by atoms with van der Waals surface area (Å²) in [7, 11) is 0. The van der Waals surface area contributed by atoms with Crippen LogP contribution in [-0.4, -0.2) is 71.7 Å². The van der Waals surface area contributed by atoms with E-state index in [-0.39, 0.29) is 29.9 Å². The molecule has 0 aromatic rings. The quantitative estimate of drug-likeness (QED) is 0.680. The maximum atomic E-state index is 12.2. The standard InChI is InChI=1S/C14H25NO2.C13H23NO2/c1-11(2)12-6-8-15(9-7-12)14(16)13-5-3-4-10-17-13;1-9(2)10-3-5-14(6-4-10)13(16)11-7-12(15)8-11/h11-13H,3-10H2,1-2H3;9-12,15H,3-8H2,1-2H3. The first-order valence-corrected chi connectivity index (χ1v) is 13.6. The zero-order valence-corrected chi connectivity index (χ0v) is 21.5. The molecule has 190 valence electrons. The van der Waals surface area contributed by atoms with Gasteiger partial charge in [0, 0.05) is 38.7 Å². The second-order valence-electron chi connectivity index (χ2n) is 11.5. The lowest BCUT2D eigenvalue weighted by molar-refractivity contribution is -0.148. The number of likely N-dealkylation sites (tertiary alicyclic amines) is 2. The SMILES string of the molecule is CC(C)C1CCN(C(=O)C2CC(O)C2)CC1.CC(C)C1CCN(C(=O)C2CCCCO2)CC1. The second kappa shape index (κ2) is 12.5. The van der Waals surface area contributed by atoms with Gasteiger partial charge in [-0.25, -0.2) is 0 Å². The van der Waals surface area contributed by atoms with E-state index in [1.165, 1.54) is 0 Å². The van der Waals surface area contributed by atoms with Crippen molar-refractivity contribution in [3.05, 3.63) is 0 Å². The molecule has 33 heavy (non-hydrogen) atoms. The molecular formula is C27H48N2O4. The van der Waals surface area contributed by atoms with Gasteiger partial charge in [-0.05, 0) is 81.5 Å². The Hall–Kier alpha value is -1.14. The van der Waals surface area contributed by atoms with Crippen molar-refractivity contribution in [1.29, 1.82) is 0 Å². The topological polar surface area (TPSA) is 70.1 Å². The minimum Gasteiger partial charge on any atom is -0.393 e. The number of rotatable bonds is 4. The number of piperidine rings is 2. The van der Waals surface area contributed by atoms with E-state index in [1.54, 1.807) is 0 Å². The number of hydrogen-bond acceptors (Lipinski definition) is 4. The molecule has 0 bridgehead atoms. The van der Waals surface area contributed by atoms with E-state index < -0.39 is 0 Å². The van der Waals surface area contributed by atoms with Crippen molar-refractivity contribution in [2.75, 3.05) is 32.8 Å². The minimum absolute atomic E-state index is 0.116. The maximum Gasteiger partial charge on any atom is 0.251 e. The lowest BCUT2D eigenvalue weighted by atomic mass is 9.80. The van der Waals surface area contributed by atoms with Gasteiger partial charge in [0.1, 0.15) is 6.10 Å². The van der Waals surface area contributed by atoms with Gasteiger partial charge in [0.25, 0.3) is 5.91 Å². The van der Waals surface area contributed by atoms with Crippen molar-refractivity contribution in [2.24, 2.45) is 29.6 Å². The fourth-order valence-electron chi connectivity index (χ4n) is 5.76. The molecule has 1 N–H and O–H groups in total. The Kier molecular flexibility index (Phi) is 10.0. The van der Waals surface area contributed by atoms with Gasteiger partial charge in [0.05, 0.1) is 6.10 Å². The first-order chi connectivity index (χ1) is 15.8. The molecule has 1 saturated carbocycles. The number of amides is 2. The lowest BCUT2D eigenvalue weighted by Gasteiger charge is -2.39. The number of carbonyl (C=O) groups excluding carboxylic acids is 2. The Morgan fingerprint density at radius 1 is 0.758 bits per heavy atom. The number of aliphatic hydroxyl groups is 1. The largest absolute Gasteiger partial charge is 0.393 e. The summed E-state index contributed by atoms with van der Waals surface area (Å²) < 4.78 is 5.58. The van der Waals surface area contributed by atoms with E-state index in [4.69, 9.17) is 4.74 Å². The average molecular weight is 465 g/mol. The van der Waals surface area contributed by atoms with Gasteiger partial charge < -0.3 is 19.6 Å². The smallest absolute Gasteiger partial charge is 0.251 e. The van der Waals surface area contributed by atoms with E-state index in [0.29, 0.717) is 12.8 Å². The number of ether oxygens (including phenoxy) is 1. The Bertz CT molecular complexity index is 610. The number of aliphatic hydroxyl groups excluding tert-OH is 1. The molecule has 0 aromatic heterocycles. The summed E-state index contributed by atoms with van der Waals surface area (Å²) >= 11 is 0. The highest BCUT2D eigenvalue weighted by Gasteiger charge is 2.37. The first-order valence-electron chi connectivity index (χ1n) is 13.6. The molecular weight excluding hydrogens is 416 g/mol. The average Bonchev–Trinajstić information content (AvgIpc) is 2.82. The molecule has 1 atom stereocenters. The summed E-state index contributed by atoms with van der Waals surface area (Å²) in [6.07, 6.45) is 8.80. The van der Waals surface area contributed by atoms with E-state index >= 15 is 0 Å². The Labute approximate surface area is 201 Å². The van der Waals surface area contributed by atoms with E-state index in [2.05, 4.69) is 27.7 Å². The molecule has 6 nitrogen and oxygen atoms in total. The molecule has 1 aliphatic carbocycles. The molecule has 3 heterocycles. The molecule has 0 aromatic carbocycles. The normalized spacial score (nSPS) is 29.5. The lowest BCUT2D eigenvalue weighted by Crippen LogP contribution is -2.47. The van der Waals surface area contributed by atoms with E-state index in [1.807, 2.05) is 9.80 Å². The van der Waals surface area contributed by atoms with Crippen LogP contribution >= 0.6 is 0 Å². The van der Waals surface area contributed by atoms with Crippen LogP contribution in [0.5, 0.6) is 0 Å². The predicted octanol–water partition coefficient (Wildman–Crippen LogP) is 4.10. The Morgan fingerprint density at radius 2 is 1.24 bits per heavy atom. The molecule has 4 rings (SSSR count). The van der Waals surface area contributed by atoms with Crippen molar-refractivity contribution in [3.63, 3.8) is 0 Å². The van der Waals surface area contributed by atoms with Crippen molar-refractivity contribution >= 4 is 11.8 Å². The molecule has 3 aliphatic heterocycles. The summed E-state index contributed by atoms with van der Waals surface area (Å²) in [5, 5.41) is 9.21. The summed E-state index contributed by atoms with van der Waals surface area (Å²) in [4.78, 5) is 28.3. The molecule has 4 fully saturated rings. The summed E-state index contributed by atoms with van der Waals surface area (Å²) in [5.74, 6) is 3.72.